The zero-order valence-corrected chi connectivity index (χ0v) is 12.2. The SMILES string of the molecule is CCc1nn(C)cc1NCc1c(OC)ncnc1OC. The van der Waals surface area contributed by atoms with E-state index >= 15 is 0 Å². The summed E-state index contributed by atoms with van der Waals surface area (Å²) in [4.78, 5) is 8.18. The van der Waals surface area contributed by atoms with Gasteiger partial charge in [-0.3, -0.25) is 4.68 Å². The molecule has 0 saturated heterocycles. The Kier molecular flexibility index (Phi) is 4.39. The summed E-state index contributed by atoms with van der Waals surface area (Å²) in [6, 6.07) is 0. The number of hydrogen-bond donors (Lipinski definition) is 1. The number of hydrogen-bond acceptors (Lipinski definition) is 6. The monoisotopic (exact) mass is 277 g/mol. The first kappa shape index (κ1) is 14.1. The van der Waals surface area contributed by atoms with Gasteiger partial charge in [0, 0.05) is 13.2 Å². The first-order chi connectivity index (χ1) is 9.69. The maximum Gasteiger partial charge on any atom is 0.225 e. The summed E-state index contributed by atoms with van der Waals surface area (Å²) < 4.78 is 12.3. The minimum atomic E-state index is 0.506. The van der Waals surface area contributed by atoms with E-state index in [-0.39, 0.29) is 0 Å². The van der Waals surface area contributed by atoms with Gasteiger partial charge in [0.2, 0.25) is 11.8 Å². The van der Waals surface area contributed by atoms with Crippen molar-refractivity contribution in [1.29, 1.82) is 0 Å². The molecule has 20 heavy (non-hydrogen) atoms. The van der Waals surface area contributed by atoms with Crippen molar-refractivity contribution < 1.29 is 9.47 Å². The second kappa shape index (κ2) is 6.23. The highest BCUT2D eigenvalue weighted by atomic mass is 16.5. The van der Waals surface area contributed by atoms with E-state index in [0.717, 1.165) is 23.4 Å². The van der Waals surface area contributed by atoms with Crippen molar-refractivity contribution in [3.05, 3.63) is 23.8 Å². The summed E-state index contributed by atoms with van der Waals surface area (Å²) in [6.45, 7) is 2.58. The number of aromatic nitrogens is 4. The third-order valence-electron chi connectivity index (χ3n) is 2.95. The highest BCUT2D eigenvalue weighted by molar-refractivity contribution is 5.48. The highest BCUT2D eigenvalue weighted by Crippen LogP contribution is 2.25. The van der Waals surface area contributed by atoms with E-state index < -0.39 is 0 Å². The molecule has 1 N–H and O–H groups in total. The first-order valence-electron chi connectivity index (χ1n) is 6.37. The third-order valence-corrected chi connectivity index (χ3v) is 2.95. The zero-order valence-electron chi connectivity index (χ0n) is 12.2. The second-order valence-corrected chi connectivity index (χ2v) is 4.24. The molecule has 108 valence electrons. The van der Waals surface area contributed by atoms with E-state index in [1.54, 1.807) is 18.9 Å². The summed E-state index contributed by atoms with van der Waals surface area (Å²) in [6.07, 6.45) is 4.23. The van der Waals surface area contributed by atoms with E-state index in [0.29, 0.717) is 18.3 Å². The Morgan fingerprint density at radius 3 is 2.40 bits per heavy atom. The van der Waals surface area contributed by atoms with Gasteiger partial charge in [0.25, 0.3) is 0 Å². The largest absolute Gasteiger partial charge is 0.481 e. The summed E-state index contributed by atoms with van der Waals surface area (Å²) in [5, 5.41) is 7.71. The van der Waals surface area contributed by atoms with Gasteiger partial charge < -0.3 is 14.8 Å². The number of aryl methyl sites for hydroxylation is 2. The molecule has 2 heterocycles. The van der Waals surface area contributed by atoms with Crippen LogP contribution in [0.3, 0.4) is 0 Å². The Bertz CT molecular complexity index is 560. The van der Waals surface area contributed by atoms with Gasteiger partial charge in [-0.1, -0.05) is 6.92 Å². The van der Waals surface area contributed by atoms with Gasteiger partial charge in [0.15, 0.2) is 0 Å². The molecular weight excluding hydrogens is 258 g/mol. The molecule has 0 atom stereocenters. The third kappa shape index (κ3) is 2.81. The number of anilines is 1. The van der Waals surface area contributed by atoms with Crippen LogP contribution < -0.4 is 14.8 Å². The quantitative estimate of drug-likeness (QED) is 0.860. The van der Waals surface area contributed by atoms with Crippen molar-refractivity contribution in [2.24, 2.45) is 7.05 Å². The molecular formula is C13H19N5O2. The Hall–Kier alpha value is -2.31. The van der Waals surface area contributed by atoms with Crippen LogP contribution in [0.15, 0.2) is 12.5 Å². The van der Waals surface area contributed by atoms with Crippen LogP contribution in [0.1, 0.15) is 18.2 Å². The number of rotatable bonds is 6. The smallest absolute Gasteiger partial charge is 0.225 e. The molecule has 0 saturated carbocycles. The molecule has 0 aromatic carbocycles. The molecule has 0 unspecified atom stereocenters. The Labute approximate surface area is 118 Å². The predicted octanol–water partition coefficient (Wildman–Crippen LogP) is 1.40. The normalized spacial score (nSPS) is 10.4. The van der Waals surface area contributed by atoms with Gasteiger partial charge >= 0.3 is 0 Å². The van der Waals surface area contributed by atoms with E-state index in [4.69, 9.17) is 9.47 Å². The molecule has 0 aliphatic rings. The first-order valence-corrected chi connectivity index (χ1v) is 6.37. The van der Waals surface area contributed by atoms with Crippen LogP contribution in [0.2, 0.25) is 0 Å². The van der Waals surface area contributed by atoms with Crippen LogP contribution in [0.25, 0.3) is 0 Å². The summed E-state index contributed by atoms with van der Waals surface area (Å²) >= 11 is 0. The molecule has 7 heteroatoms. The molecule has 0 radical (unpaired) electrons. The van der Waals surface area contributed by atoms with Crippen molar-refractivity contribution in [2.45, 2.75) is 19.9 Å². The maximum atomic E-state index is 5.25. The summed E-state index contributed by atoms with van der Waals surface area (Å²) in [5.41, 5.74) is 2.79. The molecule has 0 bridgehead atoms. The highest BCUT2D eigenvalue weighted by Gasteiger charge is 2.14. The molecule has 2 aromatic rings. The van der Waals surface area contributed by atoms with E-state index in [9.17, 15) is 0 Å². The van der Waals surface area contributed by atoms with Crippen LogP contribution >= 0.6 is 0 Å². The van der Waals surface area contributed by atoms with Gasteiger partial charge in [-0.2, -0.15) is 5.10 Å². The maximum absolute atomic E-state index is 5.25. The fraction of sp³-hybridized carbons (Fsp3) is 0.462. The lowest BCUT2D eigenvalue weighted by atomic mass is 10.2. The number of ether oxygens (including phenoxy) is 2. The molecule has 2 aromatic heterocycles. The fourth-order valence-corrected chi connectivity index (χ4v) is 2.01. The van der Waals surface area contributed by atoms with Gasteiger partial charge in [-0.15, -0.1) is 0 Å². The van der Waals surface area contributed by atoms with Crippen molar-refractivity contribution in [3.63, 3.8) is 0 Å². The minimum Gasteiger partial charge on any atom is -0.481 e. The lowest BCUT2D eigenvalue weighted by molar-refractivity contribution is 0.363. The summed E-state index contributed by atoms with van der Waals surface area (Å²) in [5.74, 6) is 1.01. The topological polar surface area (TPSA) is 74.1 Å². The Morgan fingerprint density at radius 2 is 1.85 bits per heavy atom. The molecule has 0 spiro atoms. The van der Waals surface area contributed by atoms with Crippen molar-refractivity contribution in [3.8, 4) is 11.8 Å². The van der Waals surface area contributed by atoms with Crippen LogP contribution in [0.4, 0.5) is 5.69 Å². The Morgan fingerprint density at radius 1 is 1.20 bits per heavy atom. The minimum absolute atomic E-state index is 0.506. The van der Waals surface area contributed by atoms with E-state index in [1.807, 2.05) is 13.2 Å². The van der Waals surface area contributed by atoms with Crippen molar-refractivity contribution in [1.82, 2.24) is 19.7 Å². The van der Waals surface area contributed by atoms with Gasteiger partial charge in [0.05, 0.1) is 37.7 Å². The zero-order chi connectivity index (χ0) is 14.5. The molecule has 0 amide bonds. The Balaban J connectivity index is 2.22. The molecule has 2 rings (SSSR count). The van der Waals surface area contributed by atoms with Crippen molar-refractivity contribution in [2.75, 3.05) is 19.5 Å². The van der Waals surface area contributed by atoms with Gasteiger partial charge in [-0.05, 0) is 6.42 Å². The fourth-order valence-electron chi connectivity index (χ4n) is 2.01. The van der Waals surface area contributed by atoms with Crippen molar-refractivity contribution >= 4 is 5.69 Å². The van der Waals surface area contributed by atoms with Gasteiger partial charge in [0.1, 0.15) is 6.33 Å². The van der Waals surface area contributed by atoms with E-state index in [1.165, 1.54) is 6.33 Å². The van der Waals surface area contributed by atoms with Gasteiger partial charge in [-0.25, -0.2) is 9.97 Å². The second-order valence-electron chi connectivity index (χ2n) is 4.24. The molecule has 0 aliphatic carbocycles. The number of nitrogens with one attached hydrogen (secondary N) is 1. The standard InChI is InChI=1S/C13H19N5O2/c1-5-10-11(7-18(2)17-10)14-6-9-12(19-3)15-8-16-13(9)20-4/h7-8,14H,5-6H2,1-4H3. The van der Waals surface area contributed by atoms with Crippen LogP contribution in [0, 0.1) is 0 Å². The average molecular weight is 277 g/mol. The van der Waals surface area contributed by atoms with Crippen LogP contribution in [-0.2, 0) is 20.0 Å². The average Bonchev–Trinajstić information content (AvgIpc) is 2.84. The lowest BCUT2D eigenvalue weighted by Gasteiger charge is -2.12. The van der Waals surface area contributed by atoms with Crippen LogP contribution in [0.5, 0.6) is 11.8 Å². The number of methoxy groups -OCH3 is 2. The van der Waals surface area contributed by atoms with Crippen LogP contribution in [-0.4, -0.2) is 34.0 Å². The molecule has 0 aliphatic heterocycles. The number of nitrogens with zero attached hydrogens (tertiary/aromatic N) is 4. The van der Waals surface area contributed by atoms with E-state index in [2.05, 4.69) is 27.3 Å². The molecule has 7 nitrogen and oxygen atoms in total. The predicted molar refractivity (Wildman–Crippen MR) is 75.0 cm³/mol. The lowest BCUT2D eigenvalue weighted by Crippen LogP contribution is -2.07. The molecule has 0 fully saturated rings. The summed E-state index contributed by atoms with van der Waals surface area (Å²) in [7, 11) is 5.05.